The molecule has 1 fully saturated rings. The standard InChI is InChI=1S/C17H21NO5/c1-4-20-16(19)14-15(12-7-5-6-8-13(12)18-14)21-9-11-10-22-17(2,3)23-11/h5-8,11,18H,4,9-10H2,1-3H3. The number of esters is 1. The molecule has 1 unspecified atom stereocenters. The molecule has 2 aromatic rings. The summed E-state index contributed by atoms with van der Waals surface area (Å²) in [6.45, 7) is 6.57. The lowest BCUT2D eigenvalue weighted by molar-refractivity contribution is -0.141. The van der Waals surface area contributed by atoms with E-state index in [9.17, 15) is 4.79 Å². The van der Waals surface area contributed by atoms with Crippen LogP contribution in [0.1, 0.15) is 31.3 Å². The van der Waals surface area contributed by atoms with E-state index in [0.717, 1.165) is 10.9 Å². The number of aromatic nitrogens is 1. The second-order valence-electron chi connectivity index (χ2n) is 5.86. The molecule has 0 aliphatic carbocycles. The highest BCUT2D eigenvalue weighted by atomic mass is 16.7. The summed E-state index contributed by atoms with van der Waals surface area (Å²) >= 11 is 0. The van der Waals surface area contributed by atoms with Crippen LogP contribution >= 0.6 is 0 Å². The lowest BCUT2D eigenvalue weighted by Crippen LogP contribution is -2.25. The van der Waals surface area contributed by atoms with Crippen LogP contribution in [0.25, 0.3) is 10.9 Å². The molecule has 6 nitrogen and oxygen atoms in total. The van der Waals surface area contributed by atoms with E-state index in [2.05, 4.69) is 4.98 Å². The number of rotatable bonds is 5. The molecule has 6 heteroatoms. The van der Waals surface area contributed by atoms with Gasteiger partial charge in [-0.1, -0.05) is 12.1 Å². The number of fused-ring (bicyclic) bond motifs is 1. The summed E-state index contributed by atoms with van der Waals surface area (Å²) in [7, 11) is 0. The van der Waals surface area contributed by atoms with Crippen molar-refractivity contribution in [3.8, 4) is 5.75 Å². The first-order valence-electron chi connectivity index (χ1n) is 7.72. The van der Waals surface area contributed by atoms with Gasteiger partial charge in [0, 0.05) is 10.9 Å². The Kier molecular flexibility index (Phi) is 4.28. The molecule has 2 heterocycles. The van der Waals surface area contributed by atoms with Crippen molar-refractivity contribution < 1.29 is 23.7 Å². The zero-order valence-electron chi connectivity index (χ0n) is 13.5. The van der Waals surface area contributed by atoms with Crippen molar-refractivity contribution in [2.24, 2.45) is 0 Å². The van der Waals surface area contributed by atoms with Crippen molar-refractivity contribution in [1.29, 1.82) is 0 Å². The number of H-pyrrole nitrogens is 1. The van der Waals surface area contributed by atoms with Crippen LogP contribution < -0.4 is 4.74 Å². The van der Waals surface area contributed by atoms with Gasteiger partial charge in [-0.2, -0.15) is 0 Å². The van der Waals surface area contributed by atoms with E-state index in [1.165, 1.54) is 0 Å². The highest BCUT2D eigenvalue weighted by Gasteiger charge is 2.33. The summed E-state index contributed by atoms with van der Waals surface area (Å²) in [5, 5.41) is 0.841. The average Bonchev–Trinajstić information content (AvgIpc) is 3.05. The van der Waals surface area contributed by atoms with Crippen molar-refractivity contribution in [3.05, 3.63) is 30.0 Å². The zero-order valence-corrected chi connectivity index (χ0v) is 13.5. The Morgan fingerprint density at radius 2 is 2.17 bits per heavy atom. The Balaban J connectivity index is 1.83. The highest BCUT2D eigenvalue weighted by molar-refractivity contribution is 6.00. The van der Waals surface area contributed by atoms with Crippen LogP contribution in [-0.4, -0.2) is 42.7 Å². The Morgan fingerprint density at radius 3 is 2.87 bits per heavy atom. The van der Waals surface area contributed by atoms with E-state index in [0.29, 0.717) is 31.3 Å². The molecule has 1 saturated heterocycles. The van der Waals surface area contributed by atoms with Crippen LogP contribution in [-0.2, 0) is 14.2 Å². The number of carbonyl (C=O) groups excluding carboxylic acids is 1. The number of ether oxygens (including phenoxy) is 4. The fourth-order valence-electron chi connectivity index (χ4n) is 2.63. The normalized spacial score (nSPS) is 19.9. The van der Waals surface area contributed by atoms with Crippen LogP contribution in [0.4, 0.5) is 0 Å². The number of hydrogen-bond acceptors (Lipinski definition) is 5. The van der Waals surface area contributed by atoms with Crippen molar-refractivity contribution in [2.45, 2.75) is 32.7 Å². The molecule has 1 aromatic carbocycles. The molecular formula is C17H21NO5. The molecule has 23 heavy (non-hydrogen) atoms. The van der Waals surface area contributed by atoms with E-state index < -0.39 is 11.8 Å². The Hall–Kier alpha value is -2.05. The Bertz CT molecular complexity index is 706. The number of para-hydroxylation sites is 1. The summed E-state index contributed by atoms with van der Waals surface area (Å²) in [5.41, 5.74) is 1.15. The second kappa shape index (κ2) is 6.22. The van der Waals surface area contributed by atoms with Gasteiger partial charge in [0.25, 0.3) is 0 Å². The molecule has 3 rings (SSSR count). The van der Waals surface area contributed by atoms with Gasteiger partial charge in [0.05, 0.1) is 13.2 Å². The van der Waals surface area contributed by atoms with Crippen molar-refractivity contribution in [2.75, 3.05) is 19.8 Å². The van der Waals surface area contributed by atoms with E-state index in [1.54, 1.807) is 6.92 Å². The lowest BCUT2D eigenvalue weighted by Gasteiger charge is -2.17. The van der Waals surface area contributed by atoms with Gasteiger partial charge >= 0.3 is 5.97 Å². The molecule has 1 aliphatic heterocycles. The van der Waals surface area contributed by atoms with E-state index >= 15 is 0 Å². The average molecular weight is 319 g/mol. The molecule has 1 atom stereocenters. The van der Waals surface area contributed by atoms with Gasteiger partial charge in [-0.25, -0.2) is 4.79 Å². The zero-order chi connectivity index (χ0) is 16.4. The first-order valence-corrected chi connectivity index (χ1v) is 7.72. The second-order valence-corrected chi connectivity index (χ2v) is 5.86. The first kappa shape index (κ1) is 15.8. The summed E-state index contributed by atoms with van der Waals surface area (Å²) < 4.78 is 22.3. The predicted octanol–water partition coefficient (Wildman–Crippen LogP) is 2.87. The minimum Gasteiger partial charge on any atom is -0.488 e. The van der Waals surface area contributed by atoms with Gasteiger partial charge in [-0.05, 0) is 32.9 Å². The molecule has 0 radical (unpaired) electrons. The maximum Gasteiger partial charge on any atom is 0.358 e. The quantitative estimate of drug-likeness (QED) is 0.858. The number of aromatic amines is 1. The minimum absolute atomic E-state index is 0.172. The van der Waals surface area contributed by atoms with Crippen LogP contribution in [0.3, 0.4) is 0 Å². The topological polar surface area (TPSA) is 69.8 Å². The predicted molar refractivity (Wildman–Crippen MR) is 84.7 cm³/mol. The smallest absolute Gasteiger partial charge is 0.358 e. The van der Waals surface area contributed by atoms with Gasteiger partial charge in [-0.15, -0.1) is 0 Å². The fraction of sp³-hybridized carbons (Fsp3) is 0.471. The van der Waals surface area contributed by atoms with Gasteiger partial charge in [0.2, 0.25) is 0 Å². The van der Waals surface area contributed by atoms with Crippen molar-refractivity contribution >= 4 is 16.9 Å². The molecule has 1 aromatic heterocycles. The molecule has 0 amide bonds. The maximum absolute atomic E-state index is 12.1. The fourth-order valence-corrected chi connectivity index (χ4v) is 2.63. The van der Waals surface area contributed by atoms with Gasteiger partial charge in [0.1, 0.15) is 12.7 Å². The third kappa shape index (κ3) is 3.33. The Morgan fingerprint density at radius 1 is 1.39 bits per heavy atom. The van der Waals surface area contributed by atoms with Gasteiger partial charge in [0.15, 0.2) is 17.2 Å². The van der Waals surface area contributed by atoms with Crippen molar-refractivity contribution in [3.63, 3.8) is 0 Å². The number of carbonyl (C=O) groups is 1. The number of benzene rings is 1. The monoisotopic (exact) mass is 319 g/mol. The number of nitrogens with one attached hydrogen (secondary N) is 1. The van der Waals surface area contributed by atoms with Crippen molar-refractivity contribution in [1.82, 2.24) is 4.98 Å². The lowest BCUT2D eigenvalue weighted by atomic mass is 10.2. The molecule has 0 bridgehead atoms. The van der Waals surface area contributed by atoms with E-state index in [4.69, 9.17) is 18.9 Å². The molecule has 0 saturated carbocycles. The van der Waals surface area contributed by atoms with Crippen LogP contribution in [0.5, 0.6) is 5.75 Å². The SMILES string of the molecule is CCOC(=O)c1[nH]c2ccccc2c1OCC1COC(C)(C)O1. The van der Waals surface area contributed by atoms with E-state index in [-0.39, 0.29) is 6.10 Å². The molecule has 1 N–H and O–H groups in total. The van der Waals surface area contributed by atoms with Crippen LogP contribution in [0.2, 0.25) is 0 Å². The molecule has 0 spiro atoms. The summed E-state index contributed by atoms with van der Waals surface area (Å²) in [5.74, 6) is -0.534. The minimum atomic E-state index is -0.599. The third-order valence-electron chi connectivity index (χ3n) is 3.62. The first-order chi connectivity index (χ1) is 11.0. The van der Waals surface area contributed by atoms with Crippen LogP contribution in [0.15, 0.2) is 24.3 Å². The van der Waals surface area contributed by atoms with Crippen LogP contribution in [0, 0.1) is 0 Å². The number of hydrogen-bond donors (Lipinski definition) is 1. The molecule has 124 valence electrons. The summed E-state index contributed by atoms with van der Waals surface area (Å²) in [4.78, 5) is 15.2. The van der Waals surface area contributed by atoms with Gasteiger partial charge in [-0.3, -0.25) is 0 Å². The third-order valence-corrected chi connectivity index (χ3v) is 3.62. The van der Waals surface area contributed by atoms with E-state index in [1.807, 2.05) is 38.1 Å². The maximum atomic E-state index is 12.1. The largest absolute Gasteiger partial charge is 0.488 e. The highest BCUT2D eigenvalue weighted by Crippen LogP contribution is 2.31. The molecule has 1 aliphatic rings. The summed E-state index contributed by atoms with van der Waals surface area (Å²) in [6.07, 6.45) is -0.172. The molecular weight excluding hydrogens is 298 g/mol. The van der Waals surface area contributed by atoms with Gasteiger partial charge < -0.3 is 23.9 Å². The summed E-state index contributed by atoms with van der Waals surface area (Å²) in [6, 6.07) is 7.59. The Labute approximate surface area is 134 Å².